The number of hydrogen-bond donors (Lipinski definition) is 2. The lowest BCUT2D eigenvalue weighted by Crippen LogP contribution is -2.33. The summed E-state index contributed by atoms with van der Waals surface area (Å²) in [5.41, 5.74) is 2.20. The van der Waals surface area contributed by atoms with Crippen molar-refractivity contribution in [2.45, 2.75) is 24.2 Å². The second-order valence-corrected chi connectivity index (χ2v) is 10.3. The highest BCUT2D eigenvalue weighted by Crippen LogP contribution is 2.43. The van der Waals surface area contributed by atoms with Gasteiger partial charge in [-0.25, -0.2) is 18.5 Å². The van der Waals surface area contributed by atoms with Crippen LogP contribution in [-0.4, -0.2) is 31.3 Å². The molecule has 0 fully saturated rings. The van der Waals surface area contributed by atoms with Gasteiger partial charge in [0.2, 0.25) is 15.9 Å². The molecule has 10 nitrogen and oxygen atoms in total. The number of aromatic nitrogens is 1. The summed E-state index contributed by atoms with van der Waals surface area (Å²) in [6, 6.07) is 9.04. The van der Waals surface area contributed by atoms with Gasteiger partial charge in [0.1, 0.15) is 5.69 Å². The van der Waals surface area contributed by atoms with Crippen LogP contribution in [0.3, 0.4) is 0 Å². The van der Waals surface area contributed by atoms with Crippen LogP contribution in [0.4, 0.5) is 22.2 Å². The molecule has 0 spiro atoms. The zero-order valence-corrected chi connectivity index (χ0v) is 19.0. The third-order valence-corrected chi connectivity index (χ3v) is 7.08. The number of fused-ring (bicyclic) bond motifs is 1. The van der Waals surface area contributed by atoms with Gasteiger partial charge in [0.05, 0.1) is 20.9 Å². The molecule has 0 saturated carbocycles. The zero-order chi connectivity index (χ0) is 23.4. The number of benzene rings is 2. The van der Waals surface area contributed by atoms with Crippen LogP contribution in [0.5, 0.6) is 0 Å². The molecule has 2 heterocycles. The summed E-state index contributed by atoms with van der Waals surface area (Å²) in [6.07, 6.45) is 0. The van der Waals surface area contributed by atoms with Gasteiger partial charge < -0.3 is 10.2 Å². The van der Waals surface area contributed by atoms with Gasteiger partial charge in [-0.3, -0.25) is 14.9 Å². The van der Waals surface area contributed by atoms with Crippen molar-refractivity contribution in [2.24, 2.45) is 5.14 Å². The molecule has 0 atom stereocenters. The number of hydrogen-bond acceptors (Lipinski definition) is 8. The highest BCUT2D eigenvalue weighted by molar-refractivity contribution is 7.89. The topological polar surface area (TPSA) is 149 Å². The van der Waals surface area contributed by atoms with Crippen molar-refractivity contribution in [3.8, 4) is 11.3 Å². The van der Waals surface area contributed by atoms with E-state index >= 15 is 0 Å². The number of sulfonamides is 1. The van der Waals surface area contributed by atoms with Crippen molar-refractivity contribution < 1.29 is 18.1 Å². The van der Waals surface area contributed by atoms with Gasteiger partial charge in [-0.2, -0.15) is 0 Å². The van der Waals surface area contributed by atoms with E-state index in [-0.39, 0.29) is 16.5 Å². The van der Waals surface area contributed by atoms with Crippen molar-refractivity contribution >= 4 is 49.5 Å². The van der Waals surface area contributed by atoms with Gasteiger partial charge in [0, 0.05) is 29.7 Å². The molecule has 3 N–H and O–H groups in total. The minimum Gasteiger partial charge on any atom is -0.326 e. The molecular weight excluding hydrogens is 454 g/mol. The molecule has 0 aliphatic carbocycles. The lowest BCUT2D eigenvalue weighted by molar-refractivity contribution is -0.384. The number of nitrogens with one attached hydrogen (secondary N) is 1. The molecule has 12 heteroatoms. The first-order valence-electron chi connectivity index (χ1n) is 9.36. The summed E-state index contributed by atoms with van der Waals surface area (Å²) in [5, 5.41) is 21.5. The summed E-state index contributed by atoms with van der Waals surface area (Å²) in [5.74, 6) is 0.0144. The van der Waals surface area contributed by atoms with Gasteiger partial charge in [0.15, 0.2) is 5.13 Å². The Morgan fingerprint density at radius 3 is 2.59 bits per heavy atom. The number of primary sulfonamides is 1. The van der Waals surface area contributed by atoms with E-state index in [2.05, 4.69) is 10.3 Å². The zero-order valence-electron chi connectivity index (χ0n) is 17.3. The molecule has 4 rings (SSSR count). The minimum absolute atomic E-state index is 0.0144. The third kappa shape index (κ3) is 3.61. The first kappa shape index (κ1) is 21.9. The maximum Gasteiger partial charge on any atom is 0.294 e. The number of carbonyl (C=O) groups is 1. The Labute approximate surface area is 187 Å². The van der Waals surface area contributed by atoms with Crippen LogP contribution in [-0.2, 0) is 20.2 Å². The smallest absolute Gasteiger partial charge is 0.294 e. The average Bonchev–Trinajstić information content (AvgIpc) is 3.25. The number of thiazole rings is 1. The SMILES string of the molecule is CN1C(=O)C(C)(C)c2cc(-c3csc(Nc4ccc(S(N)(=O)=O)cc4[N+](=O)[O-])n3)ccc21. The number of nitrogens with zero attached hydrogens (tertiary/aromatic N) is 3. The van der Waals surface area contributed by atoms with E-state index in [1.165, 1.54) is 23.5 Å². The first-order chi connectivity index (χ1) is 14.9. The average molecular weight is 474 g/mol. The molecule has 1 amide bonds. The lowest BCUT2D eigenvalue weighted by Gasteiger charge is -2.16. The molecule has 2 aromatic carbocycles. The number of nitro groups is 1. The fourth-order valence-electron chi connectivity index (χ4n) is 3.66. The molecule has 0 unspecified atom stereocenters. The van der Waals surface area contributed by atoms with Crippen molar-refractivity contribution in [2.75, 3.05) is 17.3 Å². The van der Waals surface area contributed by atoms with E-state index in [0.29, 0.717) is 10.8 Å². The van der Waals surface area contributed by atoms with Gasteiger partial charge >= 0.3 is 0 Å². The van der Waals surface area contributed by atoms with E-state index in [1.807, 2.05) is 32.0 Å². The van der Waals surface area contributed by atoms with Crippen LogP contribution in [0.2, 0.25) is 0 Å². The second kappa shape index (κ2) is 7.36. The van der Waals surface area contributed by atoms with Gasteiger partial charge in [-0.05, 0) is 43.7 Å². The lowest BCUT2D eigenvalue weighted by atomic mass is 9.85. The fraction of sp³-hybridized carbons (Fsp3) is 0.200. The number of likely N-dealkylation sites (N-methyl/N-ethyl adjacent to an activating group) is 1. The molecule has 0 bridgehead atoms. The number of nitro benzene ring substituents is 1. The van der Waals surface area contributed by atoms with Crippen LogP contribution in [0.15, 0.2) is 46.7 Å². The Morgan fingerprint density at radius 2 is 1.94 bits per heavy atom. The Bertz CT molecular complexity index is 1380. The van der Waals surface area contributed by atoms with Crippen LogP contribution >= 0.6 is 11.3 Å². The van der Waals surface area contributed by atoms with Crippen LogP contribution in [0.1, 0.15) is 19.4 Å². The molecule has 166 valence electrons. The van der Waals surface area contributed by atoms with Crippen LogP contribution in [0.25, 0.3) is 11.3 Å². The van der Waals surface area contributed by atoms with Crippen molar-refractivity contribution in [3.05, 3.63) is 57.5 Å². The predicted octanol–water partition coefficient (Wildman–Crippen LogP) is 3.36. The molecule has 1 aromatic heterocycles. The third-order valence-electron chi connectivity index (χ3n) is 5.41. The van der Waals surface area contributed by atoms with E-state index in [9.17, 15) is 23.3 Å². The van der Waals surface area contributed by atoms with E-state index in [0.717, 1.165) is 22.9 Å². The number of nitrogens with two attached hydrogens (primary N) is 1. The maximum absolute atomic E-state index is 12.5. The summed E-state index contributed by atoms with van der Waals surface area (Å²) in [4.78, 5) is 29.0. The fourth-order valence-corrected chi connectivity index (χ4v) is 4.92. The largest absolute Gasteiger partial charge is 0.326 e. The first-order valence-corrected chi connectivity index (χ1v) is 11.8. The minimum atomic E-state index is -4.08. The summed E-state index contributed by atoms with van der Waals surface area (Å²) in [7, 11) is -2.33. The monoisotopic (exact) mass is 473 g/mol. The number of anilines is 3. The van der Waals surface area contributed by atoms with E-state index < -0.39 is 26.0 Å². The second-order valence-electron chi connectivity index (χ2n) is 7.87. The van der Waals surface area contributed by atoms with Crippen molar-refractivity contribution in [1.29, 1.82) is 0 Å². The molecular formula is C20H19N5O5S2. The summed E-state index contributed by atoms with van der Waals surface area (Å²) < 4.78 is 23.0. The maximum atomic E-state index is 12.5. The molecule has 0 saturated heterocycles. The Kier molecular flexibility index (Phi) is 5.03. The Hall–Kier alpha value is -3.35. The van der Waals surface area contributed by atoms with Crippen molar-refractivity contribution in [3.63, 3.8) is 0 Å². The van der Waals surface area contributed by atoms with Gasteiger partial charge in [-0.15, -0.1) is 11.3 Å². The molecule has 0 radical (unpaired) electrons. The standard InChI is InChI=1S/C20H19N5O5S2/c1-20(2)13-8-11(4-7-16(13)24(3)18(20)26)15-10-31-19(23-15)22-14-6-5-12(32(21,29)30)9-17(14)25(27)28/h4-10H,1-3H3,(H,22,23)(H2,21,29,30). The van der Waals surface area contributed by atoms with Crippen LogP contribution < -0.4 is 15.4 Å². The Morgan fingerprint density at radius 1 is 1.22 bits per heavy atom. The number of amides is 1. The number of rotatable bonds is 5. The van der Waals surface area contributed by atoms with Crippen molar-refractivity contribution in [1.82, 2.24) is 4.98 Å². The predicted molar refractivity (Wildman–Crippen MR) is 122 cm³/mol. The molecule has 3 aromatic rings. The molecule has 1 aliphatic rings. The normalized spacial score (nSPS) is 15.0. The highest BCUT2D eigenvalue weighted by atomic mass is 32.2. The van der Waals surface area contributed by atoms with Crippen LogP contribution in [0, 0.1) is 10.1 Å². The summed E-state index contributed by atoms with van der Waals surface area (Å²) >= 11 is 1.24. The molecule has 32 heavy (non-hydrogen) atoms. The Balaban J connectivity index is 1.66. The summed E-state index contributed by atoms with van der Waals surface area (Å²) in [6.45, 7) is 3.75. The van der Waals surface area contributed by atoms with E-state index in [1.54, 1.807) is 17.3 Å². The highest BCUT2D eigenvalue weighted by Gasteiger charge is 2.42. The number of carbonyl (C=O) groups excluding carboxylic acids is 1. The van der Waals surface area contributed by atoms with Gasteiger partial charge in [-0.1, -0.05) is 6.07 Å². The van der Waals surface area contributed by atoms with Gasteiger partial charge in [0.25, 0.3) is 5.69 Å². The molecule has 1 aliphatic heterocycles. The van der Waals surface area contributed by atoms with E-state index in [4.69, 9.17) is 5.14 Å². The quantitative estimate of drug-likeness (QED) is 0.426.